The highest BCUT2D eigenvalue weighted by atomic mass is 16.5. The fraction of sp³-hybridized carbons (Fsp3) is 0.833. The van der Waals surface area contributed by atoms with Crippen molar-refractivity contribution in [2.45, 2.75) is 91.7 Å². The van der Waals surface area contributed by atoms with Crippen LogP contribution in [0.4, 0.5) is 0 Å². The molecule has 1 amide bonds. The molecule has 4 rings (SSSR count). The number of esters is 1. The molecule has 0 aliphatic heterocycles. The number of carbonyl (C=O) groups excluding carboxylic acids is 2. The smallest absolute Gasteiger partial charge is 0.302 e. The molecule has 0 heterocycles. The number of hydrogen-bond acceptors (Lipinski definition) is 3. The maximum Gasteiger partial charge on any atom is 0.302 e. The second-order valence-electron chi connectivity index (χ2n) is 10.7. The SMILES string of the molecule is CC(=O)N[C@@H]1[C@H](C)C[C@H]2[C@@H]3CC=C4C[C@H](OC(C)=O)CC[C@]4(C)[C@@H]3CC[C@]12C. The summed E-state index contributed by atoms with van der Waals surface area (Å²) in [5, 5.41) is 3.31. The van der Waals surface area contributed by atoms with Crippen molar-refractivity contribution in [3.63, 3.8) is 0 Å². The maximum atomic E-state index is 11.8. The summed E-state index contributed by atoms with van der Waals surface area (Å²) in [6, 6.07) is 0.314. The second-order valence-corrected chi connectivity index (χ2v) is 10.7. The monoisotopic (exact) mass is 387 g/mol. The number of hydrogen-bond donors (Lipinski definition) is 1. The molecule has 0 spiro atoms. The van der Waals surface area contributed by atoms with Gasteiger partial charge in [0.15, 0.2) is 0 Å². The van der Waals surface area contributed by atoms with E-state index in [1.807, 2.05) is 0 Å². The Balaban J connectivity index is 1.58. The van der Waals surface area contributed by atoms with Crippen LogP contribution in [0.15, 0.2) is 11.6 Å². The highest BCUT2D eigenvalue weighted by Gasteiger charge is 2.60. The van der Waals surface area contributed by atoms with Crippen LogP contribution in [0.1, 0.15) is 79.6 Å². The molecular formula is C24H37NO3. The first-order valence-corrected chi connectivity index (χ1v) is 11.3. The lowest BCUT2D eigenvalue weighted by atomic mass is 9.48. The molecule has 156 valence electrons. The first-order valence-electron chi connectivity index (χ1n) is 11.3. The first-order chi connectivity index (χ1) is 13.1. The van der Waals surface area contributed by atoms with E-state index < -0.39 is 0 Å². The van der Waals surface area contributed by atoms with Gasteiger partial charge in [-0.25, -0.2) is 0 Å². The number of carbonyl (C=O) groups is 2. The van der Waals surface area contributed by atoms with Crippen LogP contribution in [-0.2, 0) is 14.3 Å². The lowest BCUT2D eigenvalue weighted by Crippen LogP contribution is -2.54. The number of fused-ring (bicyclic) bond motifs is 5. The summed E-state index contributed by atoms with van der Waals surface area (Å²) in [5.41, 5.74) is 2.03. The van der Waals surface area contributed by atoms with E-state index in [1.54, 1.807) is 12.5 Å². The molecule has 4 heteroatoms. The molecule has 4 aliphatic carbocycles. The first kappa shape index (κ1) is 20.0. The lowest BCUT2D eigenvalue weighted by molar-refractivity contribution is -0.148. The summed E-state index contributed by atoms with van der Waals surface area (Å²) >= 11 is 0. The highest BCUT2D eigenvalue weighted by Crippen LogP contribution is 2.65. The van der Waals surface area contributed by atoms with Crippen molar-refractivity contribution in [1.29, 1.82) is 0 Å². The predicted molar refractivity (Wildman–Crippen MR) is 109 cm³/mol. The molecule has 8 atom stereocenters. The molecule has 3 saturated carbocycles. The molecule has 0 aromatic rings. The van der Waals surface area contributed by atoms with Crippen LogP contribution in [0.2, 0.25) is 0 Å². The van der Waals surface area contributed by atoms with Crippen LogP contribution >= 0.6 is 0 Å². The van der Waals surface area contributed by atoms with E-state index in [9.17, 15) is 9.59 Å². The van der Waals surface area contributed by atoms with Crippen molar-refractivity contribution in [2.24, 2.45) is 34.5 Å². The highest BCUT2D eigenvalue weighted by molar-refractivity contribution is 5.73. The van der Waals surface area contributed by atoms with Gasteiger partial charge in [-0.05, 0) is 73.0 Å². The molecule has 4 aliphatic rings. The number of ether oxygens (including phenoxy) is 1. The zero-order chi connectivity index (χ0) is 20.3. The van der Waals surface area contributed by atoms with Gasteiger partial charge in [0.1, 0.15) is 6.10 Å². The predicted octanol–water partition coefficient (Wildman–Crippen LogP) is 4.63. The Labute approximate surface area is 169 Å². The summed E-state index contributed by atoms with van der Waals surface area (Å²) in [4.78, 5) is 23.2. The van der Waals surface area contributed by atoms with Crippen molar-refractivity contribution in [1.82, 2.24) is 5.32 Å². The molecule has 1 N–H and O–H groups in total. The Morgan fingerprint density at radius 1 is 1.14 bits per heavy atom. The molecule has 4 nitrogen and oxygen atoms in total. The van der Waals surface area contributed by atoms with Gasteiger partial charge in [0.05, 0.1) is 0 Å². The average Bonchev–Trinajstić information content (AvgIpc) is 2.85. The zero-order valence-electron chi connectivity index (χ0n) is 18.2. The minimum atomic E-state index is -0.153. The van der Waals surface area contributed by atoms with E-state index in [1.165, 1.54) is 26.2 Å². The molecule has 0 radical (unpaired) electrons. The Hall–Kier alpha value is -1.32. The van der Waals surface area contributed by atoms with Crippen molar-refractivity contribution in [2.75, 3.05) is 0 Å². The number of amides is 1. The van der Waals surface area contributed by atoms with Crippen LogP contribution in [0.3, 0.4) is 0 Å². The van der Waals surface area contributed by atoms with Gasteiger partial charge in [0, 0.05) is 26.3 Å². The van der Waals surface area contributed by atoms with Gasteiger partial charge in [-0.1, -0.05) is 32.4 Å². The van der Waals surface area contributed by atoms with Crippen LogP contribution in [-0.4, -0.2) is 24.0 Å². The van der Waals surface area contributed by atoms with Crippen LogP contribution in [0, 0.1) is 34.5 Å². The minimum Gasteiger partial charge on any atom is -0.462 e. The van der Waals surface area contributed by atoms with Gasteiger partial charge in [0.25, 0.3) is 0 Å². The fourth-order valence-corrected chi connectivity index (χ4v) is 7.85. The summed E-state index contributed by atoms with van der Waals surface area (Å²) < 4.78 is 5.55. The third-order valence-electron chi connectivity index (χ3n) is 9.09. The topological polar surface area (TPSA) is 55.4 Å². The molecule has 0 unspecified atom stereocenters. The fourth-order valence-electron chi connectivity index (χ4n) is 7.85. The Morgan fingerprint density at radius 2 is 1.89 bits per heavy atom. The summed E-state index contributed by atoms with van der Waals surface area (Å²) in [6.45, 7) is 10.4. The van der Waals surface area contributed by atoms with E-state index in [4.69, 9.17) is 4.74 Å². The van der Waals surface area contributed by atoms with E-state index >= 15 is 0 Å². The third kappa shape index (κ3) is 3.02. The Kier molecular flexibility index (Phi) is 4.91. The molecule has 0 bridgehead atoms. The Morgan fingerprint density at radius 3 is 2.57 bits per heavy atom. The van der Waals surface area contributed by atoms with Crippen LogP contribution < -0.4 is 5.32 Å². The van der Waals surface area contributed by atoms with Crippen molar-refractivity contribution < 1.29 is 14.3 Å². The van der Waals surface area contributed by atoms with E-state index in [-0.39, 0.29) is 28.8 Å². The molecule has 0 saturated heterocycles. The van der Waals surface area contributed by atoms with Gasteiger partial charge < -0.3 is 10.1 Å². The minimum absolute atomic E-state index is 0.0675. The standard InChI is InChI=1S/C24H37NO3/c1-14-12-21-19-7-6-17-13-18(28-16(3)27)8-10-23(17,4)20(19)9-11-24(21,5)22(14)25-15(2)26/h6,14,18-22H,7-13H2,1-5H3,(H,25,26)/t14-,18-,19-,20-,21+,22-,23+,24+/m1/s1. The molecule has 0 aromatic carbocycles. The summed E-state index contributed by atoms with van der Waals surface area (Å²) in [5.74, 6) is 2.66. The maximum absolute atomic E-state index is 11.8. The second kappa shape index (κ2) is 6.88. The van der Waals surface area contributed by atoms with Crippen molar-refractivity contribution >= 4 is 11.9 Å². The van der Waals surface area contributed by atoms with Crippen LogP contribution in [0.25, 0.3) is 0 Å². The number of rotatable bonds is 2. The quantitative estimate of drug-likeness (QED) is 0.555. The van der Waals surface area contributed by atoms with Gasteiger partial charge in [-0.3, -0.25) is 9.59 Å². The summed E-state index contributed by atoms with van der Waals surface area (Å²) in [6.07, 6.45) is 10.5. The average molecular weight is 388 g/mol. The van der Waals surface area contributed by atoms with E-state index in [0.717, 1.165) is 37.5 Å². The largest absolute Gasteiger partial charge is 0.462 e. The van der Waals surface area contributed by atoms with Gasteiger partial charge in [0.2, 0.25) is 5.91 Å². The Bertz CT molecular complexity index is 700. The van der Waals surface area contributed by atoms with Gasteiger partial charge in [-0.15, -0.1) is 0 Å². The van der Waals surface area contributed by atoms with Crippen molar-refractivity contribution in [3.05, 3.63) is 11.6 Å². The molecule has 28 heavy (non-hydrogen) atoms. The van der Waals surface area contributed by atoms with Crippen molar-refractivity contribution in [3.8, 4) is 0 Å². The van der Waals surface area contributed by atoms with E-state index in [0.29, 0.717) is 17.9 Å². The van der Waals surface area contributed by atoms with Crippen LogP contribution in [0.5, 0.6) is 0 Å². The molecule has 0 aromatic heterocycles. The van der Waals surface area contributed by atoms with E-state index in [2.05, 4.69) is 32.2 Å². The lowest BCUT2D eigenvalue weighted by Gasteiger charge is -2.58. The number of nitrogens with one attached hydrogen (secondary N) is 1. The van der Waals surface area contributed by atoms with Gasteiger partial charge in [-0.2, -0.15) is 0 Å². The zero-order valence-corrected chi connectivity index (χ0v) is 18.2. The normalized spacial score (nSPS) is 47.2. The number of allylic oxidation sites excluding steroid dienone is 1. The molecule has 3 fully saturated rings. The summed E-state index contributed by atoms with van der Waals surface area (Å²) in [7, 11) is 0. The molecular weight excluding hydrogens is 350 g/mol. The third-order valence-corrected chi connectivity index (χ3v) is 9.09. The van der Waals surface area contributed by atoms with Gasteiger partial charge >= 0.3 is 5.97 Å².